The van der Waals surface area contributed by atoms with Gasteiger partial charge in [-0.25, -0.2) is 0 Å². The summed E-state index contributed by atoms with van der Waals surface area (Å²) in [5, 5.41) is 2.19. The fourth-order valence-corrected chi connectivity index (χ4v) is 4.22. The third kappa shape index (κ3) is 4.90. The Morgan fingerprint density at radius 3 is 2.40 bits per heavy atom. The van der Waals surface area contributed by atoms with Crippen molar-refractivity contribution in [1.82, 2.24) is 0 Å². The summed E-state index contributed by atoms with van der Waals surface area (Å²) >= 11 is 0. The van der Waals surface area contributed by atoms with E-state index in [1.807, 2.05) is 12.1 Å². The van der Waals surface area contributed by atoms with Gasteiger partial charge in [0, 0.05) is 6.08 Å². The fourth-order valence-electron chi connectivity index (χ4n) is 4.22. The van der Waals surface area contributed by atoms with Crippen molar-refractivity contribution in [3.05, 3.63) is 53.6 Å². The van der Waals surface area contributed by atoms with E-state index in [1.54, 1.807) is 6.07 Å². The minimum Gasteiger partial charge on any atom is -0.173 e. The van der Waals surface area contributed by atoms with Crippen LogP contribution in [0, 0.1) is 5.92 Å². The lowest BCUT2D eigenvalue weighted by atomic mass is 9.77. The molecule has 3 rings (SSSR count). The van der Waals surface area contributed by atoms with Crippen LogP contribution in [-0.4, -0.2) is 0 Å². The van der Waals surface area contributed by atoms with E-state index in [0.717, 1.165) is 22.8 Å². The van der Waals surface area contributed by atoms with Crippen molar-refractivity contribution in [3.63, 3.8) is 0 Å². The molecule has 1 aliphatic carbocycles. The van der Waals surface area contributed by atoms with Crippen LogP contribution in [0.3, 0.4) is 0 Å². The van der Waals surface area contributed by atoms with Gasteiger partial charge in [-0.1, -0.05) is 62.9 Å². The first kappa shape index (κ1) is 18.1. The summed E-state index contributed by atoms with van der Waals surface area (Å²) in [6.07, 6.45) is 10.0. The third-order valence-corrected chi connectivity index (χ3v) is 5.70. The van der Waals surface area contributed by atoms with Gasteiger partial charge in [0.15, 0.2) is 0 Å². The average Bonchev–Trinajstić information content (AvgIpc) is 2.62. The Morgan fingerprint density at radius 2 is 1.68 bits per heavy atom. The first-order chi connectivity index (χ1) is 12.2. The monoisotopic (exact) mass is 342 g/mol. The molecular weight excluding hydrogens is 314 g/mol. The van der Waals surface area contributed by atoms with E-state index in [1.165, 1.54) is 56.9 Å². The molecule has 2 aromatic carbocycles. The van der Waals surface area contributed by atoms with Crippen LogP contribution in [0.25, 0.3) is 16.8 Å². The summed E-state index contributed by atoms with van der Waals surface area (Å²) in [6, 6.07) is 12.1. The Balaban J connectivity index is 1.65. The SMILES string of the molecule is CCCCCC1CCC(c2ccc3cc(C=C(F)F)ccc3c2)CC1. The lowest BCUT2D eigenvalue weighted by molar-refractivity contribution is 0.303. The zero-order chi connectivity index (χ0) is 17.6. The largest absolute Gasteiger partial charge is 0.270 e. The highest BCUT2D eigenvalue weighted by Crippen LogP contribution is 2.38. The van der Waals surface area contributed by atoms with Crippen LogP contribution >= 0.6 is 0 Å². The molecule has 1 aliphatic rings. The fraction of sp³-hybridized carbons (Fsp3) is 0.478. The van der Waals surface area contributed by atoms with Gasteiger partial charge in [0.2, 0.25) is 0 Å². The van der Waals surface area contributed by atoms with Crippen LogP contribution in [0.5, 0.6) is 0 Å². The molecule has 134 valence electrons. The average molecular weight is 342 g/mol. The van der Waals surface area contributed by atoms with Gasteiger partial charge in [-0.3, -0.25) is 0 Å². The standard InChI is InChI=1S/C23H28F2/c1-2-3-4-5-17-6-9-19(10-7-17)21-13-12-20-14-18(15-23(24)25)8-11-22(20)16-21/h8,11-17,19H,2-7,9-10H2,1H3. The third-order valence-electron chi connectivity index (χ3n) is 5.70. The summed E-state index contributed by atoms with van der Waals surface area (Å²) in [5.74, 6) is 1.59. The van der Waals surface area contributed by atoms with Crippen LogP contribution in [0.1, 0.15) is 75.3 Å². The molecule has 0 radical (unpaired) electrons. The maximum Gasteiger partial charge on any atom is 0.270 e. The molecule has 0 heterocycles. The molecule has 1 fully saturated rings. The van der Waals surface area contributed by atoms with Gasteiger partial charge < -0.3 is 0 Å². The maximum atomic E-state index is 12.4. The number of halogens is 2. The zero-order valence-corrected chi connectivity index (χ0v) is 15.1. The van der Waals surface area contributed by atoms with E-state index < -0.39 is 6.08 Å². The highest BCUT2D eigenvalue weighted by atomic mass is 19.3. The molecule has 0 amide bonds. The summed E-state index contributed by atoms with van der Waals surface area (Å²) in [5.41, 5.74) is 1.98. The van der Waals surface area contributed by atoms with Gasteiger partial charge >= 0.3 is 0 Å². The Kier molecular flexibility index (Phi) is 6.23. The second-order valence-corrected chi connectivity index (χ2v) is 7.51. The van der Waals surface area contributed by atoms with Crippen molar-refractivity contribution < 1.29 is 8.78 Å². The lowest BCUT2D eigenvalue weighted by Gasteiger charge is -2.29. The number of fused-ring (bicyclic) bond motifs is 1. The summed E-state index contributed by atoms with van der Waals surface area (Å²) in [6.45, 7) is 2.27. The predicted molar refractivity (Wildman–Crippen MR) is 103 cm³/mol. The Bertz CT molecular complexity index is 720. The van der Waals surface area contributed by atoms with Gasteiger partial charge in [-0.05, 0) is 65.5 Å². The molecule has 0 bridgehead atoms. The highest BCUT2D eigenvalue weighted by molar-refractivity contribution is 5.85. The van der Waals surface area contributed by atoms with Crippen molar-refractivity contribution in [3.8, 4) is 0 Å². The number of benzene rings is 2. The van der Waals surface area contributed by atoms with E-state index >= 15 is 0 Å². The first-order valence-electron chi connectivity index (χ1n) is 9.72. The minimum absolute atomic E-state index is 0.563. The van der Waals surface area contributed by atoms with Gasteiger partial charge in [0.25, 0.3) is 6.08 Å². The topological polar surface area (TPSA) is 0 Å². The maximum absolute atomic E-state index is 12.4. The van der Waals surface area contributed by atoms with E-state index in [2.05, 4.69) is 25.1 Å². The van der Waals surface area contributed by atoms with Crippen LogP contribution in [0.15, 0.2) is 42.5 Å². The zero-order valence-electron chi connectivity index (χ0n) is 15.1. The van der Waals surface area contributed by atoms with E-state index in [4.69, 9.17) is 0 Å². The number of hydrogen-bond acceptors (Lipinski definition) is 0. The normalized spacial score (nSPS) is 20.6. The van der Waals surface area contributed by atoms with Crippen molar-refractivity contribution in [2.45, 2.75) is 64.2 Å². The number of unbranched alkanes of at least 4 members (excludes halogenated alkanes) is 2. The van der Waals surface area contributed by atoms with E-state index in [0.29, 0.717) is 11.5 Å². The predicted octanol–water partition coefficient (Wildman–Crippen LogP) is 7.93. The molecule has 0 N–H and O–H groups in total. The van der Waals surface area contributed by atoms with Gasteiger partial charge in [0.1, 0.15) is 0 Å². The molecule has 0 unspecified atom stereocenters. The molecule has 0 aliphatic heterocycles. The molecular formula is C23H28F2. The number of hydrogen-bond donors (Lipinski definition) is 0. The Morgan fingerprint density at radius 1 is 0.960 bits per heavy atom. The van der Waals surface area contributed by atoms with Crippen LogP contribution in [-0.2, 0) is 0 Å². The quantitative estimate of drug-likeness (QED) is 0.467. The molecule has 25 heavy (non-hydrogen) atoms. The van der Waals surface area contributed by atoms with Crippen LogP contribution in [0.4, 0.5) is 8.78 Å². The van der Waals surface area contributed by atoms with Crippen molar-refractivity contribution in [2.24, 2.45) is 5.92 Å². The summed E-state index contributed by atoms with van der Waals surface area (Å²) in [4.78, 5) is 0. The molecule has 0 atom stereocenters. The molecule has 2 heteroatoms. The molecule has 0 spiro atoms. The van der Waals surface area contributed by atoms with Gasteiger partial charge in [-0.15, -0.1) is 0 Å². The van der Waals surface area contributed by atoms with E-state index in [9.17, 15) is 8.78 Å². The second-order valence-electron chi connectivity index (χ2n) is 7.51. The molecule has 0 nitrogen and oxygen atoms in total. The minimum atomic E-state index is -1.65. The lowest BCUT2D eigenvalue weighted by Crippen LogP contribution is -2.13. The van der Waals surface area contributed by atoms with Crippen molar-refractivity contribution in [2.75, 3.05) is 0 Å². The molecule has 2 aromatic rings. The first-order valence-corrected chi connectivity index (χ1v) is 9.72. The molecule has 0 aromatic heterocycles. The summed E-state index contributed by atoms with van der Waals surface area (Å²) < 4.78 is 24.8. The van der Waals surface area contributed by atoms with E-state index in [-0.39, 0.29) is 0 Å². The second kappa shape index (κ2) is 8.60. The Hall–Kier alpha value is -1.70. The molecule has 0 saturated heterocycles. The number of rotatable bonds is 6. The molecule has 1 saturated carbocycles. The van der Waals surface area contributed by atoms with Crippen LogP contribution < -0.4 is 0 Å². The summed E-state index contributed by atoms with van der Waals surface area (Å²) in [7, 11) is 0. The smallest absolute Gasteiger partial charge is 0.173 e. The highest BCUT2D eigenvalue weighted by Gasteiger charge is 2.22. The van der Waals surface area contributed by atoms with Crippen molar-refractivity contribution in [1.29, 1.82) is 0 Å². The Labute approximate surface area is 149 Å². The van der Waals surface area contributed by atoms with Crippen molar-refractivity contribution >= 4 is 16.8 Å². The van der Waals surface area contributed by atoms with Gasteiger partial charge in [-0.2, -0.15) is 8.78 Å². The van der Waals surface area contributed by atoms with Gasteiger partial charge in [0.05, 0.1) is 0 Å². The van der Waals surface area contributed by atoms with Crippen LogP contribution in [0.2, 0.25) is 0 Å².